The van der Waals surface area contributed by atoms with Crippen molar-refractivity contribution in [1.82, 2.24) is 0 Å². The zero-order chi connectivity index (χ0) is 52.6. The van der Waals surface area contributed by atoms with E-state index in [1.54, 1.807) is 0 Å². The van der Waals surface area contributed by atoms with Gasteiger partial charge in [0.05, 0.1) is 0 Å². The Bertz CT molecular complexity index is 4370. The van der Waals surface area contributed by atoms with E-state index >= 15 is 0 Å². The molecule has 0 bridgehead atoms. The number of hydrogen-bond acceptors (Lipinski definition) is 2. The first-order chi connectivity index (χ1) is 38.5. The molecule has 0 spiro atoms. The van der Waals surface area contributed by atoms with Gasteiger partial charge in [-0.15, -0.1) is 0 Å². The fraction of sp³-hybridized carbons (Fsp3) is 0.132. The Kier molecular flexibility index (Phi) is 8.42. The summed E-state index contributed by atoms with van der Waals surface area (Å²) in [6.07, 6.45) is 0.897. The average molecular weight is 1030 g/mol. The molecule has 6 aliphatic rings. The molecule has 0 aromatic heterocycles. The summed E-state index contributed by atoms with van der Waals surface area (Å²) in [4.78, 5) is 0. The quantitative estimate of drug-likeness (QED) is 0.164. The van der Waals surface area contributed by atoms with Gasteiger partial charge in [-0.2, -0.15) is 0 Å². The lowest BCUT2D eigenvalue weighted by molar-refractivity contribution is 0.468. The van der Waals surface area contributed by atoms with Gasteiger partial charge in [-0.3, -0.25) is 0 Å². The topological polar surface area (TPSA) is 18.5 Å². The molecule has 2 heterocycles. The van der Waals surface area contributed by atoms with Gasteiger partial charge in [-0.25, -0.2) is 0 Å². The third-order valence-electron chi connectivity index (χ3n) is 19.6. The molecule has 3 heteroatoms. The first kappa shape index (κ1) is 44.4. The van der Waals surface area contributed by atoms with Crippen LogP contribution < -0.4 is 25.4 Å². The third kappa shape index (κ3) is 5.46. The Labute approximate surface area is 461 Å². The highest BCUT2D eigenvalue weighted by atomic mass is 31.1. The summed E-state index contributed by atoms with van der Waals surface area (Å²) in [5, 5.41) is 11.5. The van der Waals surface area contributed by atoms with Gasteiger partial charge < -0.3 is 9.47 Å². The molecule has 0 atom stereocenters. The molecule has 12 aromatic carbocycles. The summed E-state index contributed by atoms with van der Waals surface area (Å²) in [5.74, 6) is 3.81. The second-order valence-corrected chi connectivity index (χ2v) is 26.7. The summed E-state index contributed by atoms with van der Waals surface area (Å²) in [7, 11) is -1.23. The molecule has 0 radical (unpaired) electrons. The largest absolute Gasteiger partial charge is 0.456 e. The van der Waals surface area contributed by atoms with E-state index in [-0.39, 0.29) is 16.2 Å². The van der Waals surface area contributed by atoms with Crippen LogP contribution in [-0.4, -0.2) is 0 Å². The van der Waals surface area contributed by atoms with E-state index in [4.69, 9.17) is 9.47 Å². The van der Waals surface area contributed by atoms with E-state index in [0.29, 0.717) is 0 Å². The van der Waals surface area contributed by atoms with Gasteiger partial charge in [0.1, 0.15) is 23.0 Å². The molecule has 2 nitrogen and oxygen atoms in total. The lowest BCUT2D eigenvalue weighted by atomic mass is 9.74. The van der Waals surface area contributed by atoms with Crippen molar-refractivity contribution in [3.63, 3.8) is 0 Å². The summed E-state index contributed by atoms with van der Waals surface area (Å²) < 4.78 is 14.7. The number of hydrogen-bond donors (Lipinski definition) is 0. The van der Waals surface area contributed by atoms with Gasteiger partial charge in [0.25, 0.3) is 0 Å². The minimum atomic E-state index is -1.23. The van der Waals surface area contributed by atoms with E-state index in [1.165, 1.54) is 148 Å². The highest BCUT2D eigenvalue weighted by Crippen LogP contribution is 2.62. The summed E-state index contributed by atoms with van der Waals surface area (Å²) in [6, 6.07) is 76.5. The number of rotatable bonds is 3. The third-order valence-corrected chi connectivity index (χ3v) is 22.2. The zero-order valence-corrected chi connectivity index (χ0v) is 45.9. The summed E-state index contributed by atoms with van der Waals surface area (Å²) in [6.45, 7) is 14.3. The number of ether oxygens (including phenoxy) is 2. The first-order valence-corrected chi connectivity index (χ1v) is 29.5. The van der Waals surface area contributed by atoms with Crippen molar-refractivity contribution >= 4 is 56.2 Å². The fourth-order valence-electron chi connectivity index (χ4n) is 16.3. The van der Waals surface area contributed by atoms with Crippen LogP contribution in [0.2, 0.25) is 0 Å². The van der Waals surface area contributed by atoms with Gasteiger partial charge >= 0.3 is 0 Å². The minimum Gasteiger partial charge on any atom is -0.456 e. The molecule has 0 unspecified atom stereocenters. The van der Waals surface area contributed by atoms with E-state index in [0.717, 1.165) is 40.5 Å². The maximum Gasteiger partial charge on any atom is 0.140 e. The van der Waals surface area contributed by atoms with Crippen LogP contribution in [0.4, 0.5) is 0 Å². The van der Waals surface area contributed by atoms with Gasteiger partial charge in [-0.1, -0.05) is 217 Å². The lowest BCUT2D eigenvalue weighted by Crippen LogP contribution is -2.24. The lowest BCUT2D eigenvalue weighted by Gasteiger charge is -2.32. The van der Waals surface area contributed by atoms with Crippen LogP contribution in [0.3, 0.4) is 0 Å². The van der Waals surface area contributed by atoms with Crippen molar-refractivity contribution in [2.45, 2.75) is 64.2 Å². The Morgan fingerprint density at radius 3 is 1.15 bits per heavy atom. The molecule has 0 fully saturated rings. The number of fused-ring (bicyclic) bond motifs is 18. The van der Waals surface area contributed by atoms with E-state index < -0.39 is 7.92 Å². The van der Waals surface area contributed by atoms with Crippen LogP contribution in [0.1, 0.15) is 86.1 Å². The van der Waals surface area contributed by atoms with Crippen molar-refractivity contribution in [1.29, 1.82) is 0 Å². The van der Waals surface area contributed by atoms with Crippen LogP contribution in [0.25, 0.3) is 99.1 Å². The Morgan fingerprint density at radius 2 is 0.671 bits per heavy atom. The molecular formula is C76H53O2P. The molecule has 0 N–H and O–H groups in total. The Balaban J connectivity index is 0.876. The van der Waals surface area contributed by atoms with Gasteiger partial charge in [-0.05, 0) is 165 Å². The van der Waals surface area contributed by atoms with Gasteiger partial charge in [0.2, 0.25) is 0 Å². The molecule has 2 aliphatic heterocycles. The second kappa shape index (κ2) is 15.0. The Hall–Kier alpha value is -8.55. The standard InChI is InChI=1S/C76H53O2P/c1-74(2)58-23-10-7-17-43(58)49-29-28-42-46-34-37-63(54-20-13-16-41(66(46)54)40-57(42)69(49)74)79(64-38-35-47-52-32-30-50-44-18-8-11-24-59(44)75(3,4)70(50)72(52)77-61-26-14-21-55(64)67(47)61)65-39-36-48-53-33-31-51-45-19-9-12-25-60(45)76(5,6)71(51)73(53)78-62-27-15-22-56(65)68(48)62/h7-39H,40H2,1-6H3. The molecular weight excluding hydrogens is 976 g/mol. The van der Waals surface area contributed by atoms with Crippen LogP contribution in [-0.2, 0) is 22.7 Å². The SMILES string of the molecule is CC1(C)c2ccccc2-c2ccc3c(c21)Cc1cccc2c(P(c4ccc5c6c(cccc46)Oc4c-5ccc5c4C(C)(C)c4ccccc4-5)c4ccc5c6c(cccc46)Oc4c-5ccc5c4C(C)(C)c4ccccc4-5)ccc-3c12. The first-order valence-electron chi connectivity index (χ1n) is 28.1. The smallest absolute Gasteiger partial charge is 0.140 e. The van der Waals surface area contributed by atoms with Crippen LogP contribution >= 0.6 is 7.92 Å². The van der Waals surface area contributed by atoms with Crippen LogP contribution in [0, 0.1) is 0 Å². The van der Waals surface area contributed by atoms with E-state index in [1.807, 2.05) is 0 Å². The molecule has 79 heavy (non-hydrogen) atoms. The van der Waals surface area contributed by atoms with Crippen molar-refractivity contribution in [3.05, 3.63) is 245 Å². The predicted octanol–water partition coefficient (Wildman–Crippen LogP) is 18.9. The minimum absolute atomic E-state index is 0.100. The molecule has 0 saturated heterocycles. The molecule has 0 amide bonds. The maximum absolute atomic E-state index is 7.34. The van der Waals surface area contributed by atoms with Crippen molar-refractivity contribution in [3.8, 4) is 89.8 Å². The maximum atomic E-state index is 7.34. The average Bonchev–Trinajstić information content (AvgIpc) is 4.11. The number of benzene rings is 12. The zero-order valence-electron chi connectivity index (χ0n) is 45.0. The molecule has 0 saturated carbocycles. The van der Waals surface area contributed by atoms with Crippen LogP contribution in [0.15, 0.2) is 200 Å². The van der Waals surface area contributed by atoms with E-state index in [2.05, 4.69) is 242 Å². The van der Waals surface area contributed by atoms with Gasteiger partial charge in [0, 0.05) is 49.3 Å². The molecule has 4 aliphatic carbocycles. The monoisotopic (exact) mass is 1030 g/mol. The fourth-order valence-corrected chi connectivity index (χ4v) is 19.0. The van der Waals surface area contributed by atoms with Crippen molar-refractivity contribution < 1.29 is 9.47 Å². The second-order valence-electron chi connectivity index (χ2n) is 24.6. The highest BCUT2D eigenvalue weighted by molar-refractivity contribution is 7.81. The summed E-state index contributed by atoms with van der Waals surface area (Å²) in [5.41, 5.74) is 25.9. The van der Waals surface area contributed by atoms with Crippen molar-refractivity contribution in [2.75, 3.05) is 0 Å². The predicted molar refractivity (Wildman–Crippen MR) is 330 cm³/mol. The van der Waals surface area contributed by atoms with Crippen molar-refractivity contribution in [2.24, 2.45) is 0 Å². The molecule has 12 aromatic rings. The Morgan fingerprint density at radius 1 is 0.304 bits per heavy atom. The molecule has 18 rings (SSSR count). The van der Waals surface area contributed by atoms with Crippen LogP contribution in [0.5, 0.6) is 23.0 Å². The summed E-state index contributed by atoms with van der Waals surface area (Å²) >= 11 is 0. The normalized spacial score (nSPS) is 15.8. The van der Waals surface area contributed by atoms with E-state index in [9.17, 15) is 0 Å². The highest BCUT2D eigenvalue weighted by Gasteiger charge is 2.44. The van der Waals surface area contributed by atoms with Gasteiger partial charge in [0.15, 0.2) is 0 Å². The molecule has 374 valence electrons.